The van der Waals surface area contributed by atoms with Gasteiger partial charge in [0.25, 0.3) is 5.56 Å². The highest BCUT2D eigenvalue weighted by atomic mass is 79.9. The summed E-state index contributed by atoms with van der Waals surface area (Å²) in [6, 6.07) is 6.29. The third kappa shape index (κ3) is 4.12. The highest BCUT2D eigenvalue weighted by molar-refractivity contribution is 9.10. The molecule has 1 heterocycles. The number of nitrogens with zero attached hydrogens (tertiary/aromatic N) is 2. The molecule has 112 valence electrons. The van der Waals surface area contributed by atoms with Gasteiger partial charge in [-0.05, 0) is 40.0 Å². The average molecular weight is 356 g/mol. The first-order valence-corrected chi connectivity index (χ1v) is 7.26. The minimum Gasteiger partial charge on any atom is -0.394 e. The summed E-state index contributed by atoms with van der Waals surface area (Å²) in [6.07, 6.45) is 2.23. The quantitative estimate of drug-likeness (QED) is 0.828. The molecule has 0 unspecified atom stereocenters. The molecule has 2 rings (SSSR count). The maximum atomic E-state index is 12.8. The fraction of sp³-hybridized carbons (Fsp3) is 0.286. The number of rotatable bonds is 6. The Morgan fingerprint density at radius 2 is 2.05 bits per heavy atom. The van der Waals surface area contributed by atoms with Crippen molar-refractivity contribution in [3.05, 3.63) is 56.7 Å². The van der Waals surface area contributed by atoms with Crippen LogP contribution in [0.3, 0.4) is 0 Å². The summed E-state index contributed by atoms with van der Waals surface area (Å²) in [5.74, 6) is -0.258. The summed E-state index contributed by atoms with van der Waals surface area (Å²) in [5, 5.41) is 15.9. The Balaban J connectivity index is 1.99. The summed E-state index contributed by atoms with van der Waals surface area (Å²) in [4.78, 5) is 11.9. The van der Waals surface area contributed by atoms with Crippen LogP contribution < -0.4 is 10.9 Å². The van der Waals surface area contributed by atoms with E-state index in [9.17, 15) is 9.18 Å². The van der Waals surface area contributed by atoms with E-state index in [1.807, 2.05) is 0 Å². The minimum atomic E-state index is -0.296. The van der Waals surface area contributed by atoms with Crippen LogP contribution in [0.25, 0.3) is 0 Å². The van der Waals surface area contributed by atoms with E-state index in [-0.39, 0.29) is 24.5 Å². The number of aromatic nitrogens is 2. The average Bonchev–Trinajstić information content (AvgIpc) is 2.48. The lowest BCUT2D eigenvalue weighted by Gasteiger charge is -2.10. The van der Waals surface area contributed by atoms with E-state index < -0.39 is 0 Å². The largest absolute Gasteiger partial charge is 0.394 e. The Kier molecular flexibility index (Phi) is 5.46. The predicted molar refractivity (Wildman–Crippen MR) is 81.9 cm³/mol. The lowest BCUT2D eigenvalue weighted by molar-refractivity contribution is 0.266. The number of halogens is 2. The van der Waals surface area contributed by atoms with E-state index in [1.54, 1.807) is 12.1 Å². The number of anilines is 1. The zero-order valence-electron chi connectivity index (χ0n) is 11.2. The van der Waals surface area contributed by atoms with Gasteiger partial charge in [-0.15, -0.1) is 0 Å². The Labute approximate surface area is 129 Å². The van der Waals surface area contributed by atoms with Crippen LogP contribution >= 0.6 is 15.9 Å². The molecule has 0 spiro atoms. The molecule has 0 fully saturated rings. The summed E-state index contributed by atoms with van der Waals surface area (Å²) in [6.45, 7) is 0.610. The fourth-order valence-corrected chi connectivity index (χ4v) is 2.28. The molecule has 0 saturated heterocycles. The maximum Gasteiger partial charge on any atom is 0.283 e. The van der Waals surface area contributed by atoms with Crippen LogP contribution in [0.5, 0.6) is 0 Å². The summed E-state index contributed by atoms with van der Waals surface area (Å²) in [5.41, 5.74) is 1.30. The molecule has 0 aliphatic carbocycles. The second-order valence-electron chi connectivity index (χ2n) is 4.43. The van der Waals surface area contributed by atoms with Gasteiger partial charge in [0.05, 0.1) is 25.0 Å². The van der Waals surface area contributed by atoms with Crippen molar-refractivity contribution in [1.29, 1.82) is 0 Å². The van der Waals surface area contributed by atoms with Crippen molar-refractivity contribution in [3.63, 3.8) is 0 Å². The molecule has 1 aromatic heterocycles. The zero-order chi connectivity index (χ0) is 15.2. The summed E-state index contributed by atoms with van der Waals surface area (Å²) >= 11 is 3.23. The molecule has 2 aromatic rings. The lowest BCUT2D eigenvalue weighted by Crippen LogP contribution is -2.26. The fourth-order valence-electron chi connectivity index (χ4n) is 1.83. The second kappa shape index (κ2) is 7.33. The van der Waals surface area contributed by atoms with E-state index >= 15 is 0 Å². The smallest absolute Gasteiger partial charge is 0.283 e. The monoisotopic (exact) mass is 355 g/mol. The number of benzene rings is 1. The third-order valence-electron chi connectivity index (χ3n) is 2.94. The Morgan fingerprint density at radius 3 is 2.71 bits per heavy atom. The van der Waals surface area contributed by atoms with Crippen LogP contribution in [0.1, 0.15) is 5.56 Å². The number of hydrogen-bond acceptors (Lipinski definition) is 4. The normalized spacial score (nSPS) is 10.6. The lowest BCUT2D eigenvalue weighted by atomic mass is 10.1. The van der Waals surface area contributed by atoms with Crippen molar-refractivity contribution in [2.45, 2.75) is 13.0 Å². The van der Waals surface area contributed by atoms with Gasteiger partial charge < -0.3 is 10.4 Å². The molecule has 7 heteroatoms. The van der Waals surface area contributed by atoms with Crippen molar-refractivity contribution in [3.8, 4) is 0 Å². The molecule has 0 atom stereocenters. The van der Waals surface area contributed by atoms with E-state index in [1.165, 1.54) is 23.0 Å². The van der Waals surface area contributed by atoms with Crippen LogP contribution in [-0.2, 0) is 13.0 Å². The molecule has 0 aliphatic heterocycles. The van der Waals surface area contributed by atoms with Crippen molar-refractivity contribution in [2.75, 3.05) is 18.5 Å². The molecular formula is C14H15BrFN3O2. The van der Waals surface area contributed by atoms with Gasteiger partial charge in [0.15, 0.2) is 0 Å². The van der Waals surface area contributed by atoms with Gasteiger partial charge in [-0.25, -0.2) is 9.07 Å². The first kappa shape index (κ1) is 15.7. The van der Waals surface area contributed by atoms with Gasteiger partial charge in [-0.2, -0.15) is 5.10 Å². The molecule has 0 radical (unpaired) electrons. The number of aliphatic hydroxyl groups excluding tert-OH is 1. The van der Waals surface area contributed by atoms with Crippen molar-refractivity contribution >= 4 is 21.6 Å². The zero-order valence-corrected chi connectivity index (χ0v) is 12.8. The molecule has 0 aliphatic rings. The van der Waals surface area contributed by atoms with Gasteiger partial charge in [-0.3, -0.25) is 4.79 Å². The first-order chi connectivity index (χ1) is 10.1. The second-order valence-corrected chi connectivity index (χ2v) is 5.22. The van der Waals surface area contributed by atoms with E-state index in [0.717, 1.165) is 5.56 Å². The van der Waals surface area contributed by atoms with Gasteiger partial charge in [-0.1, -0.05) is 12.1 Å². The maximum absolute atomic E-state index is 12.8. The predicted octanol–water partition coefficient (Wildman–Crippen LogP) is 1.79. The van der Waals surface area contributed by atoms with Crippen LogP contribution in [0.2, 0.25) is 0 Å². The highest BCUT2D eigenvalue weighted by Gasteiger charge is 2.08. The van der Waals surface area contributed by atoms with Crippen LogP contribution in [0, 0.1) is 5.82 Å². The minimum absolute atomic E-state index is 0.142. The van der Waals surface area contributed by atoms with Crippen LogP contribution in [-0.4, -0.2) is 28.0 Å². The SMILES string of the molecule is O=c1c(Br)c(NCCc2ccc(F)cc2)cnn1CCO. The summed E-state index contributed by atoms with van der Waals surface area (Å²) in [7, 11) is 0. The molecule has 0 bridgehead atoms. The molecule has 21 heavy (non-hydrogen) atoms. The van der Waals surface area contributed by atoms with Crippen molar-refractivity contribution in [2.24, 2.45) is 0 Å². The van der Waals surface area contributed by atoms with Crippen LogP contribution in [0.15, 0.2) is 39.7 Å². The van der Waals surface area contributed by atoms with E-state index in [4.69, 9.17) is 5.11 Å². The molecule has 0 saturated carbocycles. The number of hydrogen-bond donors (Lipinski definition) is 2. The van der Waals surface area contributed by atoms with Gasteiger partial charge >= 0.3 is 0 Å². The van der Waals surface area contributed by atoms with Crippen LogP contribution in [0.4, 0.5) is 10.1 Å². The van der Waals surface area contributed by atoms with Gasteiger partial charge in [0.2, 0.25) is 0 Å². The van der Waals surface area contributed by atoms with E-state index in [2.05, 4.69) is 26.3 Å². The van der Waals surface area contributed by atoms with Crippen molar-refractivity contribution < 1.29 is 9.50 Å². The molecule has 0 amide bonds. The first-order valence-electron chi connectivity index (χ1n) is 6.46. The number of aliphatic hydroxyl groups is 1. The van der Waals surface area contributed by atoms with Crippen molar-refractivity contribution in [1.82, 2.24) is 9.78 Å². The Morgan fingerprint density at radius 1 is 1.33 bits per heavy atom. The third-order valence-corrected chi connectivity index (χ3v) is 3.71. The highest BCUT2D eigenvalue weighted by Crippen LogP contribution is 2.16. The number of nitrogens with one attached hydrogen (secondary N) is 1. The van der Waals surface area contributed by atoms with Gasteiger partial charge in [0.1, 0.15) is 10.3 Å². The standard InChI is InChI=1S/C14H15BrFN3O2/c15-13-12(9-18-19(7-8-20)14(13)21)17-6-5-10-1-3-11(16)4-2-10/h1-4,9,17,20H,5-8H2. The summed E-state index contributed by atoms with van der Waals surface area (Å²) < 4.78 is 14.4. The Bertz CT molecular complexity index is 658. The molecule has 5 nitrogen and oxygen atoms in total. The van der Waals surface area contributed by atoms with Gasteiger partial charge in [0, 0.05) is 6.54 Å². The molecular weight excluding hydrogens is 341 g/mol. The topological polar surface area (TPSA) is 67.2 Å². The molecule has 1 aromatic carbocycles. The molecule has 2 N–H and O–H groups in total. The Hall–Kier alpha value is -1.73. The van der Waals surface area contributed by atoms with E-state index in [0.29, 0.717) is 23.1 Å².